The number of carbonyl (C=O) groups is 3. The Balaban J connectivity index is 0.00000288. The zero-order valence-electron chi connectivity index (χ0n) is 13.2. The summed E-state index contributed by atoms with van der Waals surface area (Å²) in [5, 5.41) is 11.2. The van der Waals surface area contributed by atoms with Crippen molar-refractivity contribution in [3.05, 3.63) is 30.0 Å². The van der Waals surface area contributed by atoms with Crippen molar-refractivity contribution in [3.8, 4) is 5.75 Å². The Labute approximate surface area is 164 Å². The van der Waals surface area contributed by atoms with Gasteiger partial charge in [-0.15, -0.1) is 0 Å². The van der Waals surface area contributed by atoms with Crippen LogP contribution in [-0.4, -0.2) is 48.1 Å². The second kappa shape index (κ2) is 9.10. The van der Waals surface area contributed by atoms with Gasteiger partial charge in [0.2, 0.25) is 11.8 Å². The topological polar surface area (TPSA) is 120 Å². The van der Waals surface area contributed by atoms with Gasteiger partial charge in [-0.2, -0.15) is 0 Å². The molecule has 2 amide bonds. The number of amides is 2. The first kappa shape index (κ1) is 20.5. The average molecular weight is 409 g/mol. The van der Waals surface area contributed by atoms with E-state index >= 15 is 0 Å². The Bertz CT molecular complexity index is 625. The van der Waals surface area contributed by atoms with Crippen molar-refractivity contribution in [2.24, 2.45) is 0 Å². The number of carboxylic acids is 1. The predicted octanol–water partition coefficient (Wildman–Crippen LogP) is 0.810. The second-order valence-electron chi connectivity index (χ2n) is 5.32. The van der Waals surface area contributed by atoms with Crippen molar-refractivity contribution in [2.75, 3.05) is 18.1 Å². The van der Waals surface area contributed by atoms with Crippen molar-refractivity contribution in [2.45, 2.75) is 25.4 Å². The van der Waals surface area contributed by atoms with E-state index in [1.54, 1.807) is 31.2 Å². The third-order valence-electron chi connectivity index (χ3n) is 3.32. The molecule has 2 atom stereocenters. The van der Waals surface area contributed by atoms with Crippen LogP contribution in [-0.2, 0) is 47.1 Å². The van der Waals surface area contributed by atoms with Gasteiger partial charge in [0, 0.05) is 38.8 Å². The molecule has 1 aliphatic heterocycles. The number of fused-ring (bicyclic) bond motifs is 1. The third kappa shape index (κ3) is 5.26. The molecule has 0 bridgehead atoms. The van der Waals surface area contributed by atoms with Crippen LogP contribution in [0.4, 0.5) is 5.69 Å². The maximum absolute atomic E-state index is 12.3. The first-order valence-corrected chi connectivity index (χ1v) is 7.14. The fourth-order valence-corrected chi connectivity index (χ4v) is 2.29. The van der Waals surface area contributed by atoms with Gasteiger partial charge >= 0.3 is 5.97 Å². The predicted molar refractivity (Wildman–Crippen MR) is 82.3 cm³/mol. The quantitative estimate of drug-likeness (QED) is 0.746. The van der Waals surface area contributed by atoms with Crippen LogP contribution in [0.5, 0.6) is 5.75 Å². The summed E-state index contributed by atoms with van der Waals surface area (Å²) < 4.78 is 5.42. The molecule has 9 heteroatoms. The van der Waals surface area contributed by atoms with Gasteiger partial charge in [0.25, 0.3) is 0 Å². The zero-order chi connectivity index (χ0) is 17.0. The SMILES string of the molecule is C[C@H](CC(=O)O)NC(=O)CN1C(=O)[C@@H]([NH-])COc2ccccc21.[Y]. The number of hydrogen-bond acceptors (Lipinski definition) is 4. The van der Waals surface area contributed by atoms with E-state index in [9.17, 15) is 14.4 Å². The van der Waals surface area contributed by atoms with Crippen molar-refractivity contribution >= 4 is 23.5 Å². The molecule has 0 aliphatic carbocycles. The van der Waals surface area contributed by atoms with Crippen molar-refractivity contribution in [1.82, 2.24) is 5.32 Å². The fraction of sp³-hybridized carbons (Fsp3) is 0.400. The molecule has 127 valence electrons. The van der Waals surface area contributed by atoms with E-state index in [2.05, 4.69) is 5.32 Å². The number of benzene rings is 1. The molecule has 0 unspecified atom stereocenters. The van der Waals surface area contributed by atoms with Gasteiger partial charge in [0.1, 0.15) is 12.3 Å². The molecule has 1 aromatic carbocycles. The zero-order valence-corrected chi connectivity index (χ0v) is 16.0. The van der Waals surface area contributed by atoms with Crippen molar-refractivity contribution in [1.29, 1.82) is 0 Å². The van der Waals surface area contributed by atoms with E-state index < -0.39 is 29.9 Å². The van der Waals surface area contributed by atoms with E-state index in [1.165, 1.54) is 4.90 Å². The number of nitrogens with zero attached hydrogens (tertiary/aromatic N) is 1. The normalized spacial score (nSPS) is 17.7. The Morgan fingerprint density at radius 1 is 1.46 bits per heavy atom. The van der Waals surface area contributed by atoms with Gasteiger partial charge in [-0.1, -0.05) is 12.1 Å². The second-order valence-corrected chi connectivity index (χ2v) is 5.32. The van der Waals surface area contributed by atoms with Crippen LogP contribution in [0, 0.1) is 0 Å². The first-order valence-electron chi connectivity index (χ1n) is 7.14. The summed E-state index contributed by atoms with van der Waals surface area (Å²) in [6.45, 7) is 1.20. The smallest absolute Gasteiger partial charge is 0.305 e. The van der Waals surface area contributed by atoms with Gasteiger partial charge in [-0.25, -0.2) is 0 Å². The number of carboxylic acid groups (broad SMARTS) is 1. The number of nitrogens with one attached hydrogen (secondary N) is 2. The summed E-state index contributed by atoms with van der Waals surface area (Å²) in [6.07, 6.45) is -0.208. The number of aliphatic carboxylic acids is 1. The summed E-state index contributed by atoms with van der Waals surface area (Å²) in [5.41, 5.74) is 8.20. The Hall–Kier alpha value is -1.51. The third-order valence-corrected chi connectivity index (χ3v) is 3.32. The minimum absolute atomic E-state index is 0. The molecule has 0 saturated heterocycles. The molecule has 1 heterocycles. The molecule has 2 rings (SSSR count). The van der Waals surface area contributed by atoms with Crippen molar-refractivity contribution < 1.29 is 56.9 Å². The number of carbonyl (C=O) groups excluding carboxylic acids is 2. The summed E-state index contributed by atoms with van der Waals surface area (Å²) in [7, 11) is 0. The number of anilines is 1. The van der Waals surface area contributed by atoms with Gasteiger partial charge < -0.3 is 25.8 Å². The van der Waals surface area contributed by atoms with E-state index in [0.29, 0.717) is 11.4 Å². The molecule has 1 radical (unpaired) electrons. The Morgan fingerprint density at radius 2 is 2.12 bits per heavy atom. The van der Waals surface area contributed by atoms with Gasteiger partial charge in [0.05, 0.1) is 18.7 Å². The van der Waals surface area contributed by atoms with Crippen LogP contribution < -0.4 is 15.0 Å². The van der Waals surface area contributed by atoms with E-state index in [-0.39, 0.29) is 52.3 Å². The summed E-state index contributed by atoms with van der Waals surface area (Å²) in [5.74, 6) is -1.61. The molecule has 1 aromatic rings. The molecule has 0 aromatic heterocycles. The summed E-state index contributed by atoms with van der Waals surface area (Å²) >= 11 is 0. The molecular weight excluding hydrogens is 391 g/mol. The maximum atomic E-state index is 12.3. The standard InChI is InChI=1S/C15H18N3O5.Y/c1-9(6-14(20)21)17-13(19)7-18-11-4-2-3-5-12(11)23-8-10(16)15(18)22;/h2-5,9-10,16H,6-8H2,1H3,(H,17,19)(H,20,21);/q-1;/t9-,10+;/m1./s1. The van der Waals surface area contributed by atoms with Gasteiger partial charge in [0.15, 0.2) is 0 Å². The summed E-state index contributed by atoms with van der Waals surface area (Å²) in [4.78, 5) is 36.2. The monoisotopic (exact) mass is 409 g/mol. The molecule has 3 N–H and O–H groups in total. The van der Waals surface area contributed by atoms with Gasteiger partial charge in [-0.3, -0.25) is 14.4 Å². The van der Waals surface area contributed by atoms with E-state index in [0.717, 1.165) is 0 Å². The largest absolute Gasteiger partial charge is 0.664 e. The molecule has 24 heavy (non-hydrogen) atoms. The van der Waals surface area contributed by atoms with Crippen LogP contribution >= 0.6 is 0 Å². The first-order chi connectivity index (χ1) is 10.9. The fourth-order valence-electron chi connectivity index (χ4n) is 2.29. The maximum Gasteiger partial charge on any atom is 0.305 e. The number of para-hydroxylation sites is 2. The Morgan fingerprint density at radius 3 is 2.79 bits per heavy atom. The number of ether oxygens (including phenoxy) is 1. The van der Waals surface area contributed by atoms with E-state index in [4.69, 9.17) is 15.6 Å². The van der Waals surface area contributed by atoms with Crippen molar-refractivity contribution in [3.63, 3.8) is 0 Å². The van der Waals surface area contributed by atoms with Crippen LogP contribution in [0.1, 0.15) is 13.3 Å². The number of rotatable bonds is 5. The van der Waals surface area contributed by atoms with Crippen LogP contribution in [0.25, 0.3) is 5.73 Å². The average Bonchev–Trinajstić information content (AvgIpc) is 2.59. The van der Waals surface area contributed by atoms with Crippen LogP contribution in [0.2, 0.25) is 0 Å². The van der Waals surface area contributed by atoms with Gasteiger partial charge in [-0.05, 0) is 25.1 Å². The molecular formula is C15H18N3O5Y-. The molecule has 0 spiro atoms. The number of hydrogen-bond donors (Lipinski definition) is 2. The summed E-state index contributed by atoms with van der Waals surface area (Å²) in [6, 6.07) is 5.07. The minimum atomic E-state index is -1.12. The molecule has 8 nitrogen and oxygen atoms in total. The molecule has 1 aliphatic rings. The van der Waals surface area contributed by atoms with E-state index in [1.807, 2.05) is 0 Å². The molecule has 0 saturated carbocycles. The van der Waals surface area contributed by atoms with Crippen LogP contribution in [0.15, 0.2) is 24.3 Å². The minimum Gasteiger partial charge on any atom is -0.664 e. The Kier molecular flexibility index (Phi) is 7.79. The molecule has 0 fully saturated rings. The van der Waals surface area contributed by atoms with Crippen LogP contribution in [0.3, 0.4) is 0 Å².